The Hall–Kier alpha value is -1.06. The van der Waals surface area contributed by atoms with E-state index in [2.05, 4.69) is 48.3 Å². The van der Waals surface area contributed by atoms with Gasteiger partial charge in [0.05, 0.1) is 12.2 Å². The molecule has 0 saturated carbocycles. The van der Waals surface area contributed by atoms with Crippen molar-refractivity contribution in [1.29, 1.82) is 0 Å². The molecule has 0 amide bonds. The molecule has 1 heterocycles. The largest absolute Gasteiger partial charge is 0.384 e. The van der Waals surface area contributed by atoms with Gasteiger partial charge in [0, 0.05) is 31.9 Å². The zero-order valence-corrected chi connectivity index (χ0v) is 10.8. The quantitative estimate of drug-likeness (QED) is 0.864. The second kappa shape index (κ2) is 5.52. The molecule has 94 valence electrons. The van der Waals surface area contributed by atoms with Crippen molar-refractivity contribution in [1.82, 2.24) is 4.90 Å². The van der Waals surface area contributed by atoms with E-state index in [1.54, 1.807) is 0 Å². The Morgan fingerprint density at radius 2 is 2.06 bits per heavy atom. The summed E-state index contributed by atoms with van der Waals surface area (Å²) >= 11 is 0. The Morgan fingerprint density at radius 3 is 2.76 bits per heavy atom. The van der Waals surface area contributed by atoms with E-state index in [9.17, 15) is 0 Å². The molecular weight excluding hydrogens is 212 g/mol. The summed E-state index contributed by atoms with van der Waals surface area (Å²) in [4.78, 5) is 2.46. The number of hydrogen-bond donors (Lipinski definition) is 1. The van der Waals surface area contributed by atoms with Gasteiger partial charge >= 0.3 is 0 Å². The van der Waals surface area contributed by atoms with Crippen molar-refractivity contribution in [2.45, 2.75) is 19.4 Å². The van der Waals surface area contributed by atoms with Crippen LogP contribution in [0.4, 0.5) is 5.69 Å². The highest BCUT2D eigenvalue weighted by Gasteiger charge is 2.26. The van der Waals surface area contributed by atoms with Crippen molar-refractivity contribution in [2.75, 3.05) is 38.1 Å². The molecule has 17 heavy (non-hydrogen) atoms. The van der Waals surface area contributed by atoms with Crippen molar-refractivity contribution >= 4 is 5.69 Å². The van der Waals surface area contributed by atoms with Crippen molar-refractivity contribution < 1.29 is 4.74 Å². The number of ether oxygens (including phenoxy) is 1. The number of anilines is 1. The van der Waals surface area contributed by atoms with E-state index < -0.39 is 0 Å². The fourth-order valence-corrected chi connectivity index (χ4v) is 2.22. The van der Waals surface area contributed by atoms with Crippen LogP contribution in [0.5, 0.6) is 0 Å². The summed E-state index contributed by atoms with van der Waals surface area (Å²) in [7, 11) is 0. The number of nitrogens with one attached hydrogen (secondary N) is 1. The highest BCUT2D eigenvalue weighted by atomic mass is 16.5. The molecule has 0 atom stereocenters. The first-order valence-electron chi connectivity index (χ1n) is 6.31. The normalized spacial score (nSPS) is 20.1. The van der Waals surface area contributed by atoms with Crippen LogP contribution in [0.15, 0.2) is 30.3 Å². The standard InChI is InChI=1S/C14H22N2O/c1-14(2)12-16(10-11-17-14)9-8-15-13-6-4-3-5-7-13/h3-7,15H,8-12H2,1-2H3. The molecule has 1 N–H and O–H groups in total. The molecule has 3 heteroatoms. The van der Waals surface area contributed by atoms with Crippen LogP contribution in [0.2, 0.25) is 0 Å². The van der Waals surface area contributed by atoms with Crippen LogP contribution in [0.3, 0.4) is 0 Å². The summed E-state index contributed by atoms with van der Waals surface area (Å²) in [6, 6.07) is 10.3. The molecule has 0 unspecified atom stereocenters. The summed E-state index contributed by atoms with van der Waals surface area (Å²) in [5.74, 6) is 0. The smallest absolute Gasteiger partial charge is 0.0753 e. The average Bonchev–Trinajstić information content (AvgIpc) is 2.29. The Balaban J connectivity index is 1.72. The first-order valence-corrected chi connectivity index (χ1v) is 6.31. The van der Waals surface area contributed by atoms with Gasteiger partial charge in [-0.3, -0.25) is 4.90 Å². The molecule has 1 aliphatic rings. The van der Waals surface area contributed by atoms with Crippen molar-refractivity contribution in [3.63, 3.8) is 0 Å². The zero-order chi connectivity index (χ0) is 12.1. The second-order valence-electron chi connectivity index (χ2n) is 5.18. The minimum atomic E-state index is 0.00496. The molecule has 0 radical (unpaired) electrons. The Morgan fingerprint density at radius 1 is 1.29 bits per heavy atom. The molecule has 1 aromatic carbocycles. The van der Waals surface area contributed by atoms with E-state index in [-0.39, 0.29) is 5.60 Å². The van der Waals surface area contributed by atoms with Gasteiger partial charge in [0.1, 0.15) is 0 Å². The van der Waals surface area contributed by atoms with Crippen LogP contribution in [0.1, 0.15) is 13.8 Å². The number of rotatable bonds is 4. The highest BCUT2D eigenvalue weighted by Crippen LogP contribution is 2.15. The van der Waals surface area contributed by atoms with Crippen LogP contribution in [0.25, 0.3) is 0 Å². The lowest BCUT2D eigenvalue weighted by atomic mass is 10.1. The molecule has 0 aromatic heterocycles. The lowest BCUT2D eigenvalue weighted by Gasteiger charge is -2.38. The Bertz CT molecular complexity index is 337. The SMILES string of the molecule is CC1(C)CN(CCNc2ccccc2)CCO1. The van der Waals surface area contributed by atoms with Gasteiger partial charge in [-0.1, -0.05) is 18.2 Å². The molecule has 1 fully saturated rings. The van der Waals surface area contributed by atoms with Gasteiger partial charge in [0.25, 0.3) is 0 Å². The van der Waals surface area contributed by atoms with Gasteiger partial charge in [-0.2, -0.15) is 0 Å². The zero-order valence-electron chi connectivity index (χ0n) is 10.8. The van der Waals surface area contributed by atoms with Gasteiger partial charge in [-0.25, -0.2) is 0 Å². The van der Waals surface area contributed by atoms with Crippen LogP contribution in [-0.2, 0) is 4.74 Å². The highest BCUT2D eigenvalue weighted by molar-refractivity contribution is 5.42. The third-order valence-corrected chi connectivity index (χ3v) is 3.04. The maximum Gasteiger partial charge on any atom is 0.0753 e. The summed E-state index contributed by atoms with van der Waals surface area (Å²) in [6.45, 7) is 9.27. The van der Waals surface area contributed by atoms with E-state index >= 15 is 0 Å². The molecule has 2 rings (SSSR count). The molecule has 0 spiro atoms. The van der Waals surface area contributed by atoms with E-state index in [0.29, 0.717) is 0 Å². The summed E-state index contributed by atoms with van der Waals surface area (Å²) in [5, 5.41) is 3.44. The predicted octanol–water partition coefficient (Wildman–Crippen LogP) is 2.21. The third-order valence-electron chi connectivity index (χ3n) is 3.04. The van der Waals surface area contributed by atoms with Crippen LogP contribution in [-0.4, -0.2) is 43.3 Å². The lowest BCUT2D eigenvalue weighted by Crippen LogP contribution is -2.49. The van der Waals surface area contributed by atoms with E-state index in [4.69, 9.17) is 4.74 Å². The average molecular weight is 234 g/mol. The lowest BCUT2D eigenvalue weighted by molar-refractivity contribution is -0.0848. The number of nitrogens with zero attached hydrogens (tertiary/aromatic N) is 1. The molecule has 3 nitrogen and oxygen atoms in total. The van der Waals surface area contributed by atoms with Gasteiger partial charge in [0.15, 0.2) is 0 Å². The molecule has 0 aliphatic carbocycles. The molecule has 1 aromatic rings. The first kappa shape index (κ1) is 12.4. The summed E-state index contributed by atoms with van der Waals surface area (Å²) in [5.41, 5.74) is 1.20. The van der Waals surface area contributed by atoms with E-state index in [1.165, 1.54) is 5.69 Å². The van der Waals surface area contributed by atoms with Crippen molar-refractivity contribution in [2.24, 2.45) is 0 Å². The molecule has 1 saturated heterocycles. The fraction of sp³-hybridized carbons (Fsp3) is 0.571. The minimum absolute atomic E-state index is 0.00496. The van der Waals surface area contributed by atoms with E-state index in [1.807, 2.05) is 6.07 Å². The number of benzene rings is 1. The first-order chi connectivity index (χ1) is 8.16. The van der Waals surface area contributed by atoms with Crippen LogP contribution < -0.4 is 5.32 Å². The Kier molecular flexibility index (Phi) is 4.02. The van der Waals surface area contributed by atoms with Crippen molar-refractivity contribution in [3.8, 4) is 0 Å². The maximum absolute atomic E-state index is 5.70. The van der Waals surface area contributed by atoms with Gasteiger partial charge in [-0.15, -0.1) is 0 Å². The fourth-order valence-electron chi connectivity index (χ4n) is 2.22. The minimum Gasteiger partial charge on any atom is -0.384 e. The molecular formula is C14H22N2O. The van der Waals surface area contributed by atoms with Crippen LogP contribution in [0, 0.1) is 0 Å². The van der Waals surface area contributed by atoms with E-state index in [0.717, 1.165) is 32.8 Å². The monoisotopic (exact) mass is 234 g/mol. The summed E-state index contributed by atoms with van der Waals surface area (Å²) in [6.07, 6.45) is 0. The topological polar surface area (TPSA) is 24.5 Å². The number of para-hydroxylation sites is 1. The summed E-state index contributed by atoms with van der Waals surface area (Å²) < 4.78 is 5.70. The second-order valence-corrected chi connectivity index (χ2v) is 5.18. The van der Waals surface area contributed by atoms with Crippen molar-refractivity contribution in [3.05, 3.63) is 30.3 Å². The maximum atomic E-state index is 5.70. The number of morpholine rings is 1. The van der Waals surface area contributed by atoms with Gasteiger partial charge in [-0.05, 0) is 26.0 Å². The predicted molar refractivity (Wildman–Crippen MR) is 71.4 cm³/mol. The Labute approximate surface area is 104 Å². The van der Waals surface area contributed by atoms with Gasteiger partial charge < -0.3 is 10.1 Å². The van der Waals surface area contributed by atoms with Gasteiger partial charge in [0.2, 0.25) is 0 Å². The third kappa shape index (κ3) is 4.02. The molecule has 0 bridgehead atoms. The van der Waals surface area contributed by atoms with Crippen LogP contribution >= 0.6 is 0 Å². The number of hydrogen-bond acceptors (Lipinski definition) is 3. The molecule has 1 aliphatic heterocycles.